The Bertz CT molecular complexity index is 1170. The Hall–Kier alpha value is -4.06. The third-order valence-electron chi connectivity index (χ3n) is 5.18. The molecule has 5 rings (SSSR count). The molecule has 1 amide bonds. The zero-order chi connectivity index (χ0) is 21.0. The second kappa shape index (κ2) is 8.36. The summed E-state index contributed by atoms with van der Waals surface area (Å²) in [6.45, 7) is 1.31. The highest BCUT2D eigenvalue weighted by Gasteiger charge is 2.22. The van der Waals surface area contributed by atoms with E-state index in [1.807, 2.05) is 42.5 Å². The van der Waals surface area contributed by atoms with Gasteiger partial charge in [0.2, 0.25) is 0 Å². The fraction of sp³-hybridized carbons (Fsp3) is 0.120. The molecule has 1 aliphatic rings. The number of carbonyl (C=O) groups is 1. The first-order valence-corrected chi connectivity index (χ1v) is 10.1. The molecule has 0 saturated heterocycles. The largest absolute Gasteiger partial charge is 0.486 e. The Morgan fingerprint density at radius 2 is 1.65 bits per heavy atom. The average Bonchev–Trinajstić information content (AvgIpc) is 3.36. The minimum absolute atomic E-state index is 0.138. The molecule has 1 N–H and O–H groups in total. The molecule has 0 unspecified atom stereocenters. The van der Waals surface area contributed by atoms with Gasteiger partial charge < -0.3 is 19.4 Å². The number of hydrogen-bond acceptors (Lipinski definition) is 4. The van der Waals surface area contributed by atoms with E-state index in [1.165, 1.54) is 0 Å². The van der Waals surface area contributed by atoms with Crippen LogP contribution in [0.5, 0.6) is 11.5 Å². The van der Waals surface area contributed by atoms with Gasteiger partial charge in [0.1, 0.15) is 19.0 Å². The normalized spacial score (nSPS) is 12.4. The van der Waals surface area contributed by atoms with Crippen LogP contribution < -0.4 is 14.4 Å². The number of ether oxygens (including phenoxy) is 2. The van der Waals surface area contributed by atoms with E-state index in [-0.39, 0.29) is 5.91 Å². The number of nitrogens with zero attached hydrogens (tertiary/aromatic N) is 2. The lowest BCUT2D eigenvalue weighted by Gasteiger charge is -2.24. The summed E-state index contributed by atoms with van der Waals surface area (Å²) in [5, 5.41) is 0. The average molecular weight is 411 g/mol. The van der Waals surface area contributed by atoms with Crippen molar-refractivity contribution in [1.82, 2.24) is 9.97 Å². The van der Waals surface area contributed by atoms with Crippen LogP contribution in [0.2, 0.25) is 0 Å². The quantitative estimate of drug-likeness (QED) is 0.517. The smallest absolute Gasteiger partial charge is 0.258 e. The van der Waals surface area contributed by atoms with Crippen molar-refractivity contribution in [3.8, 4) is 22.6 Å². The lowest BCUT2D eigenvalue weighted by Crippen LogP contribution is -2.31. The summed E-state index contributed by atoms with van der Waals surface area (Å²) < 4.78 is 11.2. The van der Waals surface area contributed by atoms with Crippen LogP contribution in [0.4, 0.5) is 5.69 Å². The summed E-state index contributed by atoms with van der Waals surface area (Å²) in [6.07, 6.45) is 3.43. The third-order valence-corrected chi connectivity index (χ3v) is 5.18. The minimum atomic E-state index is -0.138. The van der Waals surface area contributed by atoms with Gasteiger partial charge in [0.25, 0.3) is 5.91 Å². The molecule has 3 aromatic carbocycles. The third kappa shape index (κ3) is 4.00. The van der Waals surface area contributed by atoms with Crippen LogP contribution in [0, 0.1) is 0 Å². The van der Waals surface area contributed by atoms with E-state index in [9.17, 15) is 4.79 Å². The van der Waals surface area contributed by atoms with Gasteiger partial charge in [-0.15, -0.1) is 0 Å². The van der Waals surface area contributed by atoms with Crippen LogP contribution in [0.1, 0.15) is 16.2 Å². The Morgan fingerprint density at radius 3 is 2.39 bits per heavy atom. The molecule has 0 bridgehead atoms. The molecule has 6 nitrogen and oxygen atoms in total. The highest BCUT2D eigenvalue weighted by Crippen LogP contribution is 2.32. The second-order valence-corrected chi connectivity index (χ2v) is 7.20. The molecule has 1 aliphatic heterocycles. The number of hydrogen-bond donors (Lipinski definition) is 1. The predicted molar refractivity (Wildman–Crippen MR) is 118 cm³/mol. The number of rotatable bonds is 5. The molecule has 0 fully saturated rings. The van der Waals surface area contributed by atoms with Crippen LogP contribution in [0.3, 0.4) is 0 Å². The van der Waals surface area contributed by atoms with Gasteiger partial charge in [-0.1, -0.05) is 42.5 Å². The van der Waals surface area contributed by atoms with Gasteiger partial charge in [0.05, 0.1) is 6.54 Å². The van der Waals surface area contributed by atoms with Gasteiger partial charge in [0.15, 0.2) is 11.5 Å². The zero-order valence-corrected chi connectivity index (χ0v) is 16.8. The molecule has 6 heteroatoms. The van der Waals surface area contributed by atoms with Crippen LogP contribution in [-0.4, -0.2) is 29.1 Å². The lowest BCUT2D eigenvalue weighted by atomic mass is 10.0. The van der Waals surface area contributed by atoms with Gasteiger partial charge in [0, 0.05) is 23.6 Å². The van der Waals surface area contributed by atoms with Crippen LogP contribution in [0.25, 0.3) is 11.1 Å². The Balaban J connectivity index is 1.47. The highest BCUT2D eigenvalue weighted by atomic mass is 16.6. The van der Waals surface area contributed by atoms with Gasteiger partial charge in [-0.3, -0.25) is 4.79 Å². The lowest BCUT2D eigenvalue weighted by molar-refractivity contribution is 0.0983. The van der Waals surface area contributed by atoms with Crippen LogP contribution >= 0.6 is 0 Å². The van der Waals surface area contributed by atoms with E-state index in [4.69, 9.17) is 9.47 Å². The second-order valence-electron chi connectivity index (χ2n) is 7.20. The number of aromatic nitrogens is 2. The van der Waals surface area contributed by atoms with Crippen molar-refractivity contribution in [2.45, 2.75) is 6.54 Å². The van der Waals surface area contributed by atoms with E-state index in [2.05, 4.69) is 22.1 Å². The minimum Gasteiger partial charge on any atom is -0.486 e. The van der Waals surface area contributed by atoms with Crippen molar-refractivity contribution < 1.29 is 14.3 Å². The summed E-state index contributed by atoms with van der Waals surface area (Å²) in [5.41, 5.74) is 3.54. The topological polar surface area (TPSA) is 67.5 Å². The van der Waals surface area contributed by atoms with Gasteiger partial charge >= 0.3 is 0 Å². The van der Waals surface area contributed by atoms with Crippen molar-refractivity contribution in [3.05, 3.63) is 96.6 Å². The Morgan fingerprint density at radius 1 is 0.903 bits per heavy atom. The molecule has 1 aromatic heterocycles. The number of aromatic amines is 1. The molecular formula is C25H21N3O3. The number of carbonyl (C=O) groups excluding carboxylic acids is 1. The summed E-state index contributed by atoms with van der Waals surface area (Å²) >= 11 is 0. The number of nitrogens with one attached hydrogen (secondary N) is 1. The van der Waals surface area contributed by atoms with E-state index < -0.39 is 0 Å². The molecular weight excluding hydrogens is 390 g/mol. The van der Waals surface area contributed by atoms with Gasteiger partial charge in [-0.05, 0) is 41.5 Å². The fourth-order valence-electron chi connectivity index (χ4n) is 3.61. The number of anilines is 1. The van der Waals surface area contributed by atoms with Crippen molar-refractivity contribution in [2.75, 3.05) is 18.1 Å². The molecule has 4 aromatic rings. The summed E-state index contributed by atoms with van der Waals surface area (Å²) in [4.78, 5) is 22.6. The first-order chi connectivity index (χ1) is 15.3. The summed E-state index contributed by atoms with van der Waals surface area (Å²) in [6, 6.07) is 23.4. The van der Waals surface area contributed by atoms with E-state index in [0.29, 0.717) is 42.6 Å². The standard InChI is InChI=1S/C25H21N3O3/c29-25(20-8-11-22-23(16-20)31-15-14-30-22)28(17-24-26-12-13-27-24)21-9-6-19(7-10-21)18-4-2-1-3-5-18/h1-13,16H,14-15,17H2,(H,26,27). The number of amides is 1. The molecule has 0 radical (unpaired) electrons. The van der Waals surface area contributed by atoms with Gasteiger partial charge in [-0.25, -0.2) is 4.98 Å². The molecule has 31 heavy (non-hydrogen) atoms. The number of benzene rings is 3. The van der Waals surface area contributed by atoms with Gasteiger partial charge in [-0.2, -0.15) is 0 Å². The summed E-state index contributed by atoms with van der Waals surface area (Å²) in [7, 11) is 0. The number of H-pyrrole nitrogens is 1. The maximum absolute atomic E-state index is 13.5. The van der Waals surface area contributed by atoms with Crippen LogP contribution in [-0.2, 0) is 6.54 Å². The maximum Gasteiger partial charge on any atom is 0.258 e. The highest BCUT2D eigenvalue weighted by molar-refractivity contribution is 6.06. The van der Waals surface area contributed by atoms with Crippen molar-refractivity contribution >= 4 is 11.6 Å². The Kier molecular flexibility index (Phi) is 5.10. The molecule has 154 valence electrons. The molecule has 0 spiro atoms. The number of fused-ring (bicyclic) bond motifs is 1. The predicted octanol–water partition coefficient (Wildman–Crippen LogP) is 4.69. The fourth-order valence-corrected chi connectivity index (χ4v) is 3.61. The van der Waals surface area contributed by atoms with Crippen molar-refractivity contribution in [1.29, 1.82) is 0 Å². The van der Waals surface area contributed by atoms with Crippen molar-refractivity contribution in [3.63, 3.8) is 0 Å². The molecule has 0 saturated carbocycles. The molecule has 0 aliphatic carbocycles. The van der Waals surface area contributed by atoms with E-state index in [1.54, 1.807) is 35.5 Å². The monoisotopic (exact) mass is 411 g/mol. The van der Waals surface area contributed by atoms with Crippen molar-refractivity contribution in [2.24, 2.45) is 0 Å². The molecule has 2 heterocycles. The Labute approximate surface area is 180 Å². The van der Waals surface area contributed by atoms with E-state index in [0.717, 1.165) is 16.8 Å². The van der Waals surface area contributed by atoms with Crippen LogP contribution in [0.15, 0.2) is 85.2 Å². The SMILES string of the molecule is O=C(c1ccc2c(c1)OCCO2)N(Cc1ncc[nH]1)c1ccc(-c2ccccc2)cc1. The van der Waals surface area contributed by atoms with E-state index >= 15 is 0 Å². The summed E-state index contributed by atoms with van der Waals surface area (Å²) in [5.74, 6) is 1.82. The zero-order valence-electron chi connectivity index (χ0n) is 16.8. The maximum atomic E-state index is 13.5. The first kappa shape index (κ1) is 18.9. The number of imidazole rings is 1. The first-order valence-electron chi connectivity index (χ1n) is 10.1. The molecule has 0 atom stereocenters.